The summed E-state index contributed by atoms with van der Waals surface area (Å²) < 4.78 is 10.9. The van der Waals surface area contributed by atoms with Crippen molar-refractivity contribution in [2.24, 2.45) is 0 Å². The third-order valence-electron chi connectivity index (χ3n) is 7.68. The Hall–Kier alpha value is -5.80. The van der Waals surface area contributed by atoms with E-state index in [0.717, 1.165) is 27.3 Å². The molecule has 49 heavy (non-hydrogen) atoms. The van der Waals surface area contributed by atoms with Crippen LogP contribution in [-0.2, 0) is 9.59 Å². The van der Waals surface area contributed by atoms with E-state index in [2.05, 4.69) is 16.0 Å². The van der Waals surface area contributed by atoms with Gasteiger partial charge in [-0.2, -0.15) is 0 Å². The molecule has 5 aromatic rings. The zero-order chi connectivity index (χ0) is 34.8. The van der Waals surface area contributed by atoms with Crippen LogP contribution in [0, 0.1) is 13.8 Å². The van der Waals surface area contributed by atoms with Crippen LogP contribution in [0.15, 0.2) is 132 Å². The molecule has 0 saturated heterocycles. The Labute approximate surface area is 290 Å². The van der Waals surface area contributed by atoms with Crippen molar-refractivity contribution in [2.75, 3.05) is 24.9 Å². The smallest absolute Gasteiger partial charge is 0.272 e. The maximum Gasteiger partial charge on any atom is 0.272 e. The van der Waals surface area contributed by atoms with Crippen molar-refractivity contribution in [2.45, 2.75) is 24.0 Å². The number of anilines is 2. The van der Waals surface area contributed by atoms with E-state index in [1.54, 1.807) is 73.8 Å². The summed E-state index contributed by atoms with van der Waals surface area (Å²) in [5, 5.41) is 8.23. The van der Waals surface area contributed by atoms with E-state index in [1.807, 2.05) is 74.5 Å². The Balaban J connectivity index is 1.43. The number of hydrogen-bond acceptors (Lipinski definition) is 6. The average molecular weight is 672 g/mol. The van der Waals surface area contributed by atoms with Crippen LogP contribution >= 0.6 is 11.8 Å². The summed E-state index contributed by atoms with van der Waals surface area (Å²) in [6.45, 7) is 3.93. The molecule has 0 spiro atoms. The Kier molecular flexibility index (Phi) is 11.5. The first-order valence-electron chi connectivity index (χ1n) is 15.6. The van der Waals surface area contributed by atoms with E-state index >= 15 is 0 Å². The SMILES string of the molecule is COc1ccc(OC)c(/C=C(/NC(=O)c2ccccc2)C(=O)Nc2cccc(SC(C(=O)Nc3c(C)cccc3C)c3ccccc3)c2)c1. The highest BCUT2D eigenvalue weighted by Gasteiger charge is 2.24. The number of benzene rings is 5. The Morgan fingerprint density at radius 3 is 2.06 bits per heavy atom. The molecule has 9 heteroatoms. The standard InChI is InChI=1S/C40H37N3O5S/c1-26-13-11-14-27(2)36(26)43-40(46)37(28-15-7-5-8-16-28)49-33-20-12-19-31(25-33)41-39(45)34(42-38(44)29-17-9-6-10-18-29)24-30-23-32(47-3)21-22-35(30)48-4/h5-25,37H,1-4H3,(H,41,45)(H,42,44)(H,43,46)/b34-24+. The molecule has 0 aliphatic heterocycles. The number of aryl methyl sites for hydroxylation is 2. The van der Waals surface area contributed by atoms with Crippen LogP contribution in [0.5, 0.6) is 11.5 Å². The lowest BCUT2D eigenvalue weighted by Crippen LogP contribution is -2.30. The molecule has 5 aromatic carbocycles. The topological polar surface area (TPSA) is 106 Å². The summed E-state index contributed by atoms with van der Waals surface area (Å²) >= 11 is 1.37. The molecule has 5 rings (SSSR count). The molecule has 248 valence electrons. The van der Waals surface area contributed by atoms with Crippen LogP contribution < -0.4 is 25.4 Å². The molecule has 3 N–H and O–H groups in total. The van der Waals surface area contributed by atoms with Crippen LogP contribution in [-0.4, -0.2) is 31.9 Å². The van der Waals surface area contributed by atoms with Crippen molar-refractivity contribution >= 4 is 46.9 Å². The van der Waals surface area contributed by atoms with E-state index in [0.29, 0.717) is 28.3 Å². The fraction of sp³-hybridized carbons (Fsp3) is 0.125. The molecule has 0 bridgehead atoms. The van der Waals surface area contributed by atoms with E-state index in [-0.39, 0.29) is 11.6 Å². The van der Waals surface area contributed by atoms with Gasteiger partial charge in [-0.05, 0) is 85.1 Å². The van der Waals surface area contributed by atoms with Crippen molar-refractivity contribution < 1.29 is 23.9 Å². The highest BCUT2D eigenvalue weighted by molar-refractivity contribution is 8.00. The number of methoxy groups -OCH3 is 2. The molecule has 0 aliphatic rings. The fourth-order valence-electron chi connectivity index (χ4n) is 5.13. The average Bonchev–Trinajstić information content (AvgIpc) is 3.12. The second-order valence-electron chi connectivity index (χ2n) is 11.1. The number of thioether (sulfide) groups is 1. The van der Waals surface area contributed by atoms with Crippen LogP contribution in [0.25, 0.3) is 6.08 Å². The largest absolute Gasteiger partial charge is 0.497 e. The zero-order valence-electron chi connectivity index (χ0n) is 27.7. The minimum Gasteiger partial charge on any atom is -0.497 e. The molecule has 0 saturated carbocycles. The predicted molar refractivity (Wildman–Crippen MR) is 196 cm³/mol. The van der Waals surface area contributed by atoms with Crippen molar-refractivity contribution in [3.8, 4) is 11.5 Å². The van der Waals surface area contributed by atoms with E-state index < -0.39 is 17.1 Å². The number of carbonyl (C=O) groups excluding carboxylic acids is 3. The minimum absolute atomic E-state index is 0.00592. The second kappa shape index (κ2) is 16.3. The molecule has 1 atom stereocenters. The first kappa shape index (κ1) is 34.5. The molecular weight excluding hydrogens is 635 g/mol. The van der Waals surface area contributed by atoms with Crippen LogP contribution in [0.1, 0.15) is 37.9 Å². The predicted octanol–water partition coefficient (Wildman–Crippen LogP) is 8.20. The van der Waals surface area contributed by atoms with Gasteiger partial charge in [-0.15, -0.1) is 11.8 Å². The summed E-state index contributed by atoms with van der Waals surface area (Å²) in [7, 11) is 3.07. The normalized spacial score (nSPS) is 11.6. The van der Waals surface area contributed by atoms with Gasteiger partial charge in [0.2, 0.25) is 5.91 Å². The lowest BCUT2D eigenvalue weighted by molar-refractivity contribution is -0.116. The number of hydrogen-bond donors (Lipinski definition) is 3. The van der Waals surface area contributed by atoms with Gasteiger partial charge in [0.1, 0.15) is 22.4 Å². The maximum absolute atomic E-state index is 13.8. The summed E-state index contributed by atoms with van der Waals surface area (Å²) in [4.78, 5) is 41.6. The quantitative estimate of drug-likeness (QED) is 0.0913. The van der Waals surface area contributed by atoms with Crippen molar-refractivity contribution in [3.63, 3.8) is 0 Å². The molecule has 8 nitrogen and oxygen atoms in total. The molecule has 0 radical (unpaired) electrons. The van der Waals surface area contributed by atoms with Gasteiger partial charge in [0.05, 0.1) is 14.2 Å². The molecule has 3 amide bonds. The zero-order valence-corrected chi connectivity index (χ0v) is 28.5. The van der Waals surface area contributed by atoms with Gasteiger partial charge in [0.15, 0.2) is 0 Å². The number of carbonyl (C=O) groups is 3. The Morgan fingerprint density at radius 2 is 1.39 bits per heavy atom. The van der Waals surface area contributed by atoms with Crippen LogP contribution in [0.4, 0.5) is 11.4 Å². The van der Waals surface area contributed by atoms with E-state index in [9.17, 15) is 14.4 Å². The van der Waals surface area contributed by atoms with Gasteiger partial charge in [-0.1, -0.05) is 72.8 Å². The maximum atomic E-state index is 13.8. The fourth-order valence-corrected chi connectivity index (χ4v) is 6.22. The number of rotatable bonds is 12. The first-order valence-corrected chi connectivity index (χ1v) is 16.4. The van der Waals surface area contributed by atoms with Crippen LogP contribution in [0.3, 0.4) is 0 Å². The molecule has 0 fully saturated rings. The Morgan fingerprint density at radius 1 is 0.714 bits per heavy atom. The summed E-state index contributed by atoms with van der Waals surface area (Å²) in [6, 6.07) is 36.5. The third-order valence-corrected chi connectivity index (χ3v) is 8.93. The Bertz CT molecular complexity index is 1960. The highest BCUT2D eigenvalue weighted by atomic mass is 32.2. The van der Waals surface area contributed by atoms with Gasteiger partial charge in [-0.25, -0.2) is 0 Å². The summed E-state index contributed by atoms with van der Waals surface area (Å²) in [5.74, 6) is -0.119. The van der Waals surface area contributed by atoms with Gasteiger partial charge >= 0.3 is 0 Å². The van der Waals surface area contributed by atoms with E-state index in [1.165, 1.54) is 18.9 Å². The van der Waals surface area contributed by atoms with Crippen LogP contribution in [0.2, 0.25) is 0 Å². The van der Waals surface area contributed by atoms with Gasteiger partial charge in [0, 0.05) is 27.4 Å². The monoisotopic (exact) mass is 671 g/mol. The lowest BCUT2D eigenvalue weighted by Gasteiger charge is -2.19. The van der Waals surface area contributed by atoms with Crippen molar-refractivity contribution in [3.05, 3.63) is 155 Å². The minimum atomic E-state index is -0.577. The van der Waals surface area contributed by atoms with Crippen molar-refractivity contribution in [1.29, 1.82) is 0 Å². The van der Waals surface area contributed by atoms with Crippen molar-refractivity contribution in [1.82, 2.24) is 5.32 Å². The second-order valence-corrected chi connectivity index (χ2v) is 12.3. The third kappa shape index (κ3) is 8.97. The summed E-state index contributed by atoms with van der Waals surface area (Å²) in [6.07, 6.45) is 1.54. The van der Waals surface area contributed by atoms with Gasteiger partial charge in [0.25, 0.3) is 11.8 Å². The first-order chi connectivity index (χ1) is 23.7. The molecular formula is C40H37N3O5S. The number of amides is 3. The van der Waals surface area contributed by atoms with Gasteiger partial charge < -0.3 is 25.4 Å². The number of nitrogens with one attached hydrogen (secondary N) is 3. The lowest BCUT2D eigenvalue weighted by atomic mass is 10.1. The number of ether oxygens (including phenoxy) is 2. The molecule has 0 aliphatic carbocycles. The van der Waals surface area contributed by atoms with Gasteiger partial charge in [-0.3, -0.25) is 14.4 Å². The summed E-state index contributed by atoms with van der Waals surface area (Å²) in [5.41, 5.74) is 4.98. The molecule has 0 heterocycles. The molecule has 1 unspecified atom stereocenters. The molecule has 0 aromatic heterocycles. The highest BCUT2D eigenvalue weighted by Crippen LogP contribution is 2.38. The van der Waals surface area contributed by atoms with E-state index in [4.69, 9.17) is 9.47 Å². The number of para-hydroxylation sites is 1.